The zero-order valence-corrected chi connectivity index (χ0v) is 11.9. The van der Waals surface area contributed by atoms with Crippen molar-refractivity contribution in [3.8, 4) is 0 Å². The van der Waals surface area contributed by atoms with Crippen LogP contribution in [0.3, 0.4) is 0 Å². The smallest absolute Gasteiger partial charge is 0.0753 e. The summed E-state index contributed by atoms with van der Waals surface area (Å²) in [5, 5.41) is 8.05. The van der Waals surface area contributed by atoms with Gasteiger partial charge in [-0.25, -0.2) is 0 Å². The van der Waals surface area contributed by atoms with Gasteiger partial charge in [0.15, 0.2) is 0 Å². The van der Waals surface area contributed by atoms with E-state index in [9.17, 15) is 0 Å². The molecule has 1 unspecified atom stereocenters. The second-order valence-electron chi connectivity index (χ2n) is 5.63. The highest BCUT2D eigenvalue weighted by Gasteiger charge is 2.19. The largest absolute Gasteiger partial charge is 0.367 e. The fraction of sp³-hybridized carbons (Fsp3) is 0.786. The molecular formula is C14H26N4. The Morgan fingerprint density at radius 1 is 1.50 bits per heavy atom. The van der Waals surface area contributed by atoms with Gasteiger partial charge >= 0.3 is 0 Å². The van der Waals surface area contributed by atoms with Crippen molar-refractivity contribution < 1.29 is 0 Å². The molecule has 0 amide bonds. The van der Waals surface area contributed by atoms with E-state index in [1.807, 2.05) is 10.9 Å². The number of rotatable bonds is 4. The van der Waals surface area contributed by atoms with Gasteiger partial charge in [-0.05, 0) is 32.2 Å². The molecule has 1 atom stereocenters. The molecule has 1 fully saturated rings. The zero-order valence-electron chi connectivity index (χ0n) is 11.9. The first-order valence-corrected chi connectivity index (χ1v) is 7.19. The molecule has 0 bridgehead atoms. The lowest BCUT2D eigenvalue weighted by Crippen LogP contribution is -2.38. The molecule has 1 aromatic heterocycles. The van der Waals surface area contributed by atoms with Crippen LogP contribution in [0.15, 0.2) is 12.4 Å². The van der Waals surface area contributed by atoms with E-state index in [1.165, 1.54) is 18.5 Å². The first-order chi connectivity index (χ1) is 8.69. The van der Waals surface area contributed by atoms with Crippen LogP contribution >= 0.6 is 0 Å². The van der Waals surface area contributed by atoms with Crippen LogP contribution in [0.25, 0.3) is 0 Å². The molecule has 2 rings (SSSR count). The SMILES string of the molecule is CCn1cc(N2CCCNC(CC(C)C)C2)cn1. The Hall–Kier alpha value is -1.03. The topological polar surface area (TPSA) is 33.1 Å². The summed E-state index contributed by atoms with van der Waals surface area (Å²) in [4.78, 5) is 2.48. The summed E-state index contributed by atoms with van der Waals surface area (Å²) >= 11 is 0. The molecule has 1 aromatic rings. The number of nitrogens with one attached hydrogen (secondary N) is 1. The van der Waals surface area contributed by atoms with E-state index in [0.717, 1.165) is 32.1 Å². The Balaban J connectivity index is 2.02. The molecule has 0 aromatic carbocycles. The van der Waals surface area contributed by atoms with Gasteiger partial charge in [-0.3, -0.25) is 4.68 Å². The third kappa shape index (κ3) is 3.48. The molecule has 4 nitrogen and oxygen atoms in total. The maximum atomic E-state index is 4.38. The van der Waals surface area contributed by atoms with Crippen LogP contribution in [-0.2, 0) is 6.54 Å². The van der Waals surface area contributed by atoms with Crippen molar-refractivity contribution >= 4 is 5.69 Å². The van der Waals surface area contributed by atoms with Gasteiger partial charge in [-0.1, -0.05) is 13.8 Å². The lowest BCUT2D eigenvalue weighted by molar-refractivity contribution is 0.436. The van der Waals surface area contributed by atoms with E-state index in [1.54, 1.807) is 0 Å². The fourth-order valence-electron chi connectivity index (χ4n) is 2.65. The highest BCUT2D eigenvalue weighted by Crippen LogP contribution is 2.17. The Morgan fingerprint density at radius 3 is 3.00 bits per heavy atom. The first-order valence-electron chi connectivity index (χ1n) is 7.19. The summed E-state index contributed by atoms with van der Waals surface area (Å²) in [6.07, 6.45) is 6.63. The molecule has 1 N–H and O–H groups in total. The Labute approximate surface area is 110 Å². The maximum absolute atomic E-state index is 4.38. The van der Waals surface area contributed by atoms with Crippen LogP contribution in [-0.4, -0.2) is 35.5 Å². The minimum Gasteiger partial charge on any atom is -0.367 e. The van der Waals surface area contributed by atoms with E-state index in [0.29, 0.717) is 6.04 Å². The van der Waals surface area contributed by atoms with Gasteiger partial charge in [0.05, 0.1) is 11.9 Å². The first kappa shape index (κ1) is 13.4. The van der Waals surface area contributed by atoms with Crippen LogP contribution in [0.2, 0.25) is 0 Å². The predicted molar refractivity (Wildman–Crippen MR) is 76.0 cm³/mol. The monoisotopic (exact) mass is 250 g/mol. The number of nitrogens with zero attached hydrogens (tertiary/aromatic N) is 3. The van der Waals surface area contributed by atoms with Gasteiger partial charge in [-0.2, -0.15) is 5.10 Å². The quantitative estimate of drug-likeness (QED) is 0.888. The van der Waals surface area contributed by atoms with E-state index in [4.69, 9.17) is 0 Å². The predicted octanol–water partition coefficient (Wildman–Crippen LogP) is 2.12. The highest BCUT2D eigenvalue weighted by molar-refractivity contribution is 5.42. The van der Waals surface area contributed by atoms with E-state index >= 15 is 0 Å². The van der Waals surface area contributed by atoms with Crippen LogP contribution in [0, 0.1) is 5.92 Å². The fourth-order valence-corrected chi connectivity index (χ4v) is 2.65. The van der Waals surface area contributed by atoms with Crippen LogP contribution in [0.5, 0.6) is 0 Å². The number of aromatic nitrogens is 2. The molecule has 4 heteroatoms. The minimum absolute atomic E-state index is 0.609. The van der Waals surface area contributed by atoms with Crippen molar-refractivity contribution in [2.24, 2.45) is 5.92 Å². The average Bonchev–Trinajstić information content (AvgIpc) is 2.70. The summed E-state index contributed by atoms with van der Waals surface area (Å²) in [5.74, 6) is 0.751. The van der Waals surface area contributed by atoms with Crippen molar-refractivity contribution in [2.45, 2.75) is 46.2 Å². The van der Waals surface area contributed by atoms with Gasteiger partial charge in [0, 0.05) is 31.9 Å². The molecule has 1 saturated heterocycles. The maximum Gasteiger partial charge on any atom is 0.0753 e. The minimum atomic E-state index is 0.609. The summed E-state index contributed by atoms with van der Waals surface area (Å²) in [7, 11) is 0. The average molecular weight is 250 g/mol. The Bertz CT molecular complexity index is 358. The summed E-state index contributed by atoms with van der Waals surface area (Å²) in [5.41, 5.74) is 1.27. The Morgan fingerprint density at radius 2 is 2.33 bits per heavy atom. The summed E-state index contributed by atoms with van der Waals surface area (Å²) in [6, 6.07) is 0.609. The lowest BCUT2D eigenvalue weighted by Gasteiger charge is -2.26. The van der Waals surface area contributed by atoms with Crippen molar-refractivity contribution in [3.63, 3.8) is 0 Å². The lowest BCUT2D eigenvalue weighted by atomic mass is 10.0. The molecule has 1 aliphatic heterocycles. The zero-order chi connectivity index (χ0) is 13.0. The second kappa shape index (κ2) is 6.23. The molecule has 2 heterocycles. The van der Waals surface area contributed by atoms with Crippen LogP contribution < -0.4 is 10.2 Å². The highest BCUT2D eigenvalue weighted by atomic mass is 15.3. The number of anilines is 1. The summed E-state index contributed by atoms with van der Waals surface area (Å²) in [6.45, 7) is 11.0. The molecule has 0 spiro atoms. The number of aryl methyl sites for hydroxylation is 1. The van der Waals surface area contributed by atoms with Gasteiger partial charge in [0.25, 0.3) is 0 Å². The number of hydrogen-bond donors (Lipinski definition) is 1. The van der Waals surface area contributed by atoms with Crippen molar-refractivity contribution in [2.75, 3.05) is 24.5 Å². The second-order valence-corrected chi connectivity index (χ2v) is 5.63. The van der Waals surface area contributed by atoms with Crippen molar-refractivity contribution in [3.05, 3.63) is 12.4 Å². The molecule has 102 valence electrons. The third-order valence-corrected chi connectivity index (χ3v) is 3.54. The molecule has 0 radical (unpaired) electrons. The van der Waals surface area contributed by atoms with Crippen LogP contribution in [0.4, 0.5) is 5.69 Å². The molecule has 18 heavy (non-hydrogen) atoms. The number of hydrogen-bond acceptors (Lipinski definition) is 3. The summed E-state index contributed by atoms with van der Waals surface area (Å²) < 4.78 is 2.01. The van der Waals surface area contributed by atoms with E-state index < -0.39 is 0 Å². The molecule has 0 aliphatic carbocycles. The molecule has 1 aliphatic rings. The standard InChI is InChI=1S/C14H26N4/c1-4-18-11-14(9-16-18)17-7-5-6-15-13(10-17)8-12(2)3/h9,11-13,15H,4-8,10H2,1-3H3. The van der Waals surface area contributed by atoms with E-state index in [2.05, 4.69) is 42.3 Å². The Kier molecular flexibility index (Phi) is 4.64. The third-order valence-electron chi connectivity index (χ3n) is 3.54. The molecule has 0 saturated carbocycles. The van der Waals surface area contributed by atoms with Crippen molar-refractivity contribution in [1.82, 2.24) is 15.1 Å². The van der Waals surface area contributed by atoms with Crippen LogP contribution in [0.1, 0.15) is 33.6 Å². The van der Waals surface area contributed by atoms with Crippen molar-refractivity contribution in [1.29, 1.82) is 0 Å². The van der Waals surface area contributed by atoms with Gasteiger partial charge in [-0.15, -0.1) is 0 Å². The van der Waals surface area contributed by atoms with Gasteiger partial charge in [0.2, 0.25) is 0 Å². The molecular weight excluding hydrogens is 224 g/mol. The van der Waals surface area contributed by atoms with Gasteiger partial charge < -0.3 is 10.2 Å². The van der Waals surface area contributed by atoms with E-state index in [-0.39, 0.29) is 0 Å². The normalized spacial score (nSPS) is 21.3. The van der Waals surface area contributed by atoms with Gasteiger partial charge in [0.1, 0.15) is 0 Å².